The van der Waals surface area contributed by atoms with Crippen molar-refractivity contribution in [3.63, 3.8) is 0 Å². The number of nitrogen functional groups attached to an aromatic ring is 1. The van der Waals surface area contributed by atoms with Crippen LogP contribution in [-0.4, -0.2) is 42.1 Å². The maximum absolute atomic E-state index is 12.7. The molecule has 8 heteroatoms. The molecule has 0 spiro atoms. The van der Waals surface area contributed by atoms with Gasteiger partial charge in [0.15, 0.2) is 0 Å². The molecule has 1 aliphatic rings. The average molecular weight is 432 g/mol. The number of fused-ring (bicyclic) bond motifs is 1. The number of thiophene rings is 1. The van der Waals surface area contributed by atoms with Gasteiger partial charge in [0.05, 0.1) is 11.0 Å². The fourth-order valence-corrected chi connectivity index (χ4v) is 4.50. The zero-order valence-electron chi connectivity index (χ0n) is 17.6. The van der Waals surface area contributed by atoms with Gasteiger partial charge in [-0.1, -0.05) is 12.1 Å². The summed E-state index contributed by atoms with van der Waals surface area (Å²) in [5.74, 6) is -0.420. The van der Waals surface area contributed by atoms with E-state index in [4.69, 9.17) is 20.6 Å². The summed E-state index contributed by atoms with van der Waals surface area (Å²) in [5, 5.41) is 11.6. The fraction of sp³-hybridized carbons (Fsp3) is 0.500. The molecule has 162 valence electrons. The molecular formula is C22H29N3O4S. The van der Waals surface area contributed by atoms with Crippen LogP contribution >= 0.6 is 11.3 Å². The molecule has 1 amide bonds. The summed E-state index contributed by atoms with van der Waals surface area (Å²) >= 11 is 1.40. The third kappa shape index (κ3) is 6.03. The predicted octanol–water partition coefficient (Wildman–Crippen LogP) is 3.58. The molecule has 0 unspecified atom stereocenters. The van der Waals surface area contributed by atoms with Gasteiger partial charge >= 0.3 is 5.97 Å². The van der Waals surface area contributed by atoms with Crippen molar-refractivity contribution < 1.29 is 19.1 Å². The number of nitrogens with one attached hydrogen (secondary N) is 2. The Hall–Kier alpha value is -2.45. The minimum Gasteiger partial charge on any atom is -0.458 e. The number of carbonyl (C=O) groups is 2. The number of rotatable bonds is 6. The highest BCUT2D eigenvalue weighted by Gasteiger charge is 2.25. The first-order chi connectivity index (χ1) is 14.1. The smallest absolute Gasteiger partial charge is 0.332 e. The molecule has 0 saturated heterocycles. The summed E-state index contributed by atoms with van der Waals surface area (Å²) in [6.45, 7) is 5.45. The molecule has 1 aliphatic carbocycles. The Morgan fingerprint density at radius 2 is 1.90 bits per heavy atom. The van der Waals surface area contributed by atoms with Crippen molar-refractivity contribution in [3.05, 3.63) is 34.7 Å². The van der Waals surface area contributed by atoms with Gasteiger partial charge < -0.3 is 20.5 Å². The quantitative estimate of drug-likeness (QED) is 0.367. The molecule has 0 bridgehead atoms. The van der Waals surface area contributed by atoms with Crippen LogP contribution in [-0.2, 0) is 14.3 Å². The summed E-state index contributed by atoms with van der Waals surface area (Å²) in [5.41, 5.74) is 5.69. The van der Waals surface area contributed by atoms with Gasteiger partial charge in [0, 0.05) is 16.3 Å². The average Bonchev–Trinajstić information content (AvgIpc) is 3.09. The van der Waals surface area contributed by atoms with Crippen molar-refractivity contribution in [1.82, 2.24) is 5.32 Å². The van der Waals surface area contributed by atoms with E-state index in [-0.39, 0.29) is 36.5 Å². The monoisotopic (exact) mass is 431 g/mol. The van der Waals surface area contributed by atoms with Gasteiger partial charge in [-0.15, -0.1) is 11.3 Å². The summed E-state index contributed by atoms with van der Waals surface area (Å²) in [6.07, 6.45) is 3.22. The summed E-state index contributed by atoms with van der Waals surface area (Å²) in [4.78, 5) is 25.1. The van der Waals surface area contributed by atoms with Gasteiger partial charge in [0.1, 0.15) is 18.0 Å². The number of ether oxygens (including phenoxy) is 2. The van der Waals surface area contributed by atoms with Gasteiger partial charge in [-0.05, 0) is 64.0 Å². The molecule has 0 atom stereocenters. The number of amides is 1. The Kier molecular flexibility index (Phi) is 6.77. The molecular weight excluding hydrogens is 402 g/mol. The SMILES string of the molecule is CC(C)(C)OC(=O)CO[C@H]1CC[C@H](NC(=O)c2cc3ccc(C(=N)N)cc3s2)CC1. The Morgan fingerprint density at radius 3 is 2.53 bits per heavy atom. The molecule has 1 saturated carbocycles. The van der Waals surface area contributed by atoms with Gasteiger partial charge in [0.2, 0.25) is 0 Å². The normalized spacial score (nSPS) is 19.4. The molecule has 30 heavy (non-hydrogen) atoms. The van der Waals surface area contributed by atoms with Crippen LogP contribution in [0.5, 0.6) is 0 Å². The topological polar surface area (TPSA) is 114 Å². The fourth-order valence-electron chi connectivity index (χ4n) is 3.50. The Morgan fingerprint density at radius 1 is 1.20 bits per heavy atom. The number of hydrogen-bond acceptors (Lipinski definition) is 6. The number of nitrogens with two attached hydrogens (primary N) is 1. The second-order valence-electron chi connectivity index (χ2n) is 8.62. The van der Waals surface area contributed by atoms with E-state index in [9.17, 15) is 9.59 Å². The number of esters is 1. The minimum absolute atomic E-state index is 0.0139. The third-order valence-corrected chi connectivity index (χ3v) is 6.02. The predicted molar refractivity (Wildman–Crippen MR) is 118 cm³/mol. The van der Waals surface area contributed by atoms with Crippen LogP contribution in [0.3, 0.4) is 0 Å². The molecule has 3 rings (SSSR count). The Bertz CT molecular complexity index is 939. The summed E-state index contributed by atoms with van der Waals surface area (Å²) in [6, 6.07) is 7.47. The van der Waals surface area contributed by atoms with Crippen molar-refractivity contribution >= 4 is 39.1 Å². The molecule has 0 aliphatic heterocycles. The first-order valence-corrected chi connectivity index (χ1v) is 10.9. The minimum atomic E-state index is -0.511. The van der Waals surface area contributed by atoms with E-state index < -0.39 is 5.60 Å². The largest absolute Gasteiger partial charge is 0.458 e. The highest BCUT2D eigenvalue weighted by atomic mass is 32.1. The van der Waals surface area contributed by atoms with Crippen LogP contribution < -0.4 is 11.1 Å². The molecule has 2 aromatic rings. The molecule has 4 N–H and O–H groups in total. The van der Waals surface area contributed by atoms with Crippen LogP contribution in [0, 0.1) is 5.41 Å². The summed E-state index contributed by atoms with van der Waals surface area (Å²) < 4.78 is 11.9. The number of carbonyl (C=O) groups excluding carboxylic acids is 2. The lowest BCUT2D eigenvalue weighted by molar-refractivity contribution is -0.162. The van der Waals surface area contributed by atoms with E-state index in [2.05, 4.69) is 5.32 Å². The molecule has 1 aromatic heterocycles. The van der Waals surface area contributed by atoms with E-state index in [1.165, 1.54) is 11.3 Å². The maximum atomic E-state index is 12.7. The van der Waals surface area contributed by atoms with E-state index in [1.54, 1.807) is 6.07 Å². The van der Waals surface area contributed by atoms with Crippen LogP contribution in [0.25, 0.3) is 10.1 Å². The van der Waals surface area contributed by atoms with Gasteiger partial charge in [-0.2, -0.15) is 0 Å². The summed E-state index contributed by atoms with van der Waals surface area (Å²) in [7, 11) is 0. The van der Waals surface area contributed by atoms with E-state index in [0.29, 0.717) is 10.4 Å². The highest BCUT2D eigenvalue weighted by molar-refractivity contribution is 7.20. The molecule has 1 aromatic carbocycles. The standard InChI is InChI=1S/C22H29N3O4S/c1-22(2,3)29-19(26)12-28-16-8-6-15(7-9-16)25-21(27)18-10-13-4-5-14(20(23)24)11-17(13)30-18/h4-5,10-11,15-16H,6-9,12H2,1-3H3,(H3,23,24)(H,25,27)/t15-,16-. The van der Waals surface area contributed by atoms with Gasteiger partial charge in [0.25, 0.3) is 5.91 Å². The van der Waals surface area contributed by atoms with Gasteiger partial charge in [-0.25, -0.2) is 4.79 Å². The molecule has 1 fully saturated rings. The Balaban J connectivity index is 1.48. The molecule has 0 radical (unpaired) electrons. The molecule has 1 heterocycles. The highest BCUT2D eigenvalue weighted by Crippen LogP contribution is 2.28. The van der Waals surface area contributed by atoms with Crippen LogP contribution in [0.15, 0.2) is 24.3 Å². The molecule has 7 nitrogen and oxygen atoms in total. The lowest BCUT2D eigenvalue weighted by atomic mass is 9.93. The zero-order valence-corrected chi connectivity index (χ0v) is 18.4. The maximum Gasteiger partial charge on any atom is 0.332 e. The van der Waals surface area contributed by atoms with E-state index in [0.717, 1.165) is 35.8 Å². The lowest BCUT2D eigenvalue weighted by Gasteiger charge is -2.29. The second-order valence-corrected chi connectivity index (χ2v) is 9.71. The Labute approximate surface area is 180 Å². The number of amidine groups is 1. The van der Waals surface area contributed by atoms with Crippen molar-refractivity contribution in [2.75, 3.05) is 6.61 Å². The third-order valence-electron chi connectivity index (χ3n) is 4.92. The first kappa shape index (κ1) is 22.2. The number of hydrogen-bond donors (Lipinski definition) is 3. The second kappa shape index (κ2) is 9.14. The van der Waals surface area contributed by atoms with Crippen molar-refractivity contribution in [2.45, 2.75) is 64.2 Å². The van der Waals surface area contributed by atoms with Crippen LogP contribution in [0.1, 0.15) is 61.7 Å². The van der Waals surface area contributed by atoms with Crippen LogP contribution in [0.4, 0.5) is 0 Å². The van der Waals surface area contributed by atoms with Crippen molar-refractivity contribution in [3.8, 4) is 0 Å². The van der Waals surface area contributed by atoms with Crippen molar-refractivity contribution in [2.24, 2.45) is 5.73 Å². The zero-order chi connectivity index (χ0) is 21.9. The van der Waals surface area contributed by atoms with Gasteiger partial charge in [-0.3, -0.25) is 10.2 Å². The lowest BCUT2D eigenvalue weighted by Crippen LogP contribution is -2.39. The van der Waals surface area contributed by atoms with Crippen LogP contribution in [0.2, 0.25) is 0 Å². The van der Waals surface area contributed by atoms with E-state index in [1.807, 2.05) is 39.0 Å². The van der Waals surface area contributed by atoms with Crippen molar-refractivity contribution in [1.29, 1.82) is 5.41 Å². The number of benzene rings is 1. The first-order valence-electron chi connectivity index (χ1n) is 10.1. The van der Waals surface area contributed by atoms with E-state index >= 15 is 0 Å².